The molecule has 4 rings (SSSR count). The second-order valence-corrected chi connectivity index (χ2v) is 10.3. The smallest absolute Gasteiger partial charge is 0.337 e. The molecule has 2 heterocycles. The Bertz CT molecular complexity index is 1200. The van der Waals surface area contributed by atoms with Crippen LogP contribution in [-0.4, -0.2) is 27.6 Å². The Labute approximate surface area is 195 Å². The summed E-state index contributed by atoms with van der Waals surface area (Å²) in [7, 11) is 0. The van der Waals surface area contributed by atoms with E-state index in [9.17, 15) is 9.59 Å². The highest BCUT2D eigenvalue weighted by molar-refractivity contribution is 6.04. The minimum Gasteiger partial charge on any atom is -0.460 e. The van der Waals surface area contributed by atoms with Gasteiger partial charge in [0.25, 0.3) is 0 Å². The Morgan fingerprint density at radius 1 is 1.18 bits per heavy atom. The lowest BCUT2D eigenvalue weighted by molar-refractivity contribution is -0.143. The van der Waals surface area contributed by atoms with Crippen LogP contribution in [0.25, 0.3) is 5.69 Å². The molecule has 2 aliphatic rings. The summed E-state index contributed by atoms with van der Waals surface area (Å²) in [5.74, 6) is -0.828. The third-order valence-corrected chi connectivity index (χ3v) is 6.50. The maximum atomic E-state index is 13.5. The predicted molar refractivity (Wildman–Crippen MR) is 128 cm³/mol. The van der Waals surface area contributed by atoms with Crippen molar-refractivity contribution in [2.24, 2.45) is 5.41 Å². The predicted octanol–water partition coefficient (Wildman–Crippen LogP) is 5.04. The Morgan fingerprint density at radius 3 is 2.55 bits per heavy atom. The first kappa shape index (κ1) is 23.0. The molecule has 0 saturated heterocycles. The molecule has 0 bridgehead atoms. The molecule has 0 spiro atoms. The zero-order valence-electron chi connectivity index (χ0n) is 20.6. The Morgan fingerprint density at radius 2 is 1.88 bits per heavy atom. The van der Waals surface area contributed by atoms with Crippen LogP contribution in [0.1, 0.15) is 70.2 Å². The number of rotatable bonds is 4. The molecule has 6 nitrogen and oxygen atoms in total. The average Bonchev–Trinajstić information content (AvgIpc) is 3.06. The number of hydrogen-bond donors (Lipinski definition) is 1. The number of dihydropyridines is 1. The average molecular weight is 448 g/mol. The summed E-state index contributed by atoms with van der Waals surface area (Å²) in [6.07, 6.45) is 2.73. The fourth-order valence-electron chi connectivity index (χ4n) is 5.04. The van der Waals surface area contributed by atoms with Crippen molar-refractivity contribution in [2.45, 2.75) is 73.3 Å². The highest BCUT2D eigenvalue weighted by Crippen LogP contribution is 2.47. The first-order chi connectivity index (χ1) is 15.5. The highest BCUT2D eigenvalue weighted by atomic mass is 16.5. The van der Waals surface area contributed by atoms with Crippen LogP contribution in [0.2, 0.25) is 0 Å². The van der Waals surface area contributed by atoms with Gasteiger partial charge in [0, 0.05) is 34.6 Å². The van der Waals surface area contributed by atoms with E-state index in [0.29, 0.717) is 17.6 Å². The lowest BCUT2D eigenvalue weighted by Gasteiger charge is -2.39. The Hall–Kier alpha value is -3.15. The van der Waals surface area contributed by atoms with Crippen molar-refractivity contribution in [3.8, 4) is 5.69 Å². The number of ketones is 1. The largest absolute Gasteiger partial charge is 0.460 e. The van der Waals surface area contributed by atoms with E-state index in [1.165, 1.54) is 0 Å². The third kappa shape index (κ3) is 4.14. The summed E-state index contributed by atoms with van der Waals surface area (Å²) in [5, 5.41) is 8.07. The van der Waals surface area contributed by atoms with Crippen molar-refractivity contribution >= 4 is 11.8 Å². The molecule has 1 aliphatic heterocycles. The number of para-hydroxylation sites is 1. The molecule has 1 unspecified atom stereocenters. The van der Waals surface area contributed by atoms with Gasteiger partial charge < -0.3 is 10.1 Å². The van der Waals surface area contributed by atoms with Gasteiger partial charge in [-0.25, -0.2) is 9.48 Å². The number of aromatic nitrogens is 2. The molecule has 0 fully saturated rings. The second-order valence-electron chi connectivity index (χ2n) is 10.3. The number of hydrogen-bond acceptors (Lipinski definition) is 5. The van der Waals surface area contributed by atoms with Gasteiger partial charge in [0.05, 0.1) is 29.5 Å². The molecule has 1 atom stereocenters. The number of nitrogens with zero attached hydrogens (tertiary/aromatic N) is 2. The number of carbonyl (C=O) groups is 2. The first-order valence-corrected chi connectivity index (χ1v) is 11.6. The summed E-state index contributed by atoms with van der Waals surface area (Å²) in [6.45, 7) is 13.8. The fourth-order valence-corrected chi connectivity index (χ4v) is 5.04. The van der Waals surface area contributed by atoms with E-state index >= 15 is 0 Å². The van der Waals surface area contributed by atoms with Gasteiger partial charge in [0.15, 0.2) is 5.78 Å². The molecule has 1 aromatic carbocycles. The quantitative estimate of drug-likeness (QED) is 0.665. The minimum atomic E-state index is -0.506. The standard InChI is InChI=1S/C27H33N3O3/c1-15(2)33-26(32)23-17(4)29-20-12-27(6,7)13-22(31)25(20)24(23)19-14-28-30(18(19)5)21-11-9-8-10-16(21)3/h8-11,14-15,24,29H,12-13H2,1-7H3. The number of allylic oxidation sites excluding steroid dienone is 3. The normalized spacial score (nSPS) is 20.1. The van der Waals surface area contributed by atoms with Crippen LogP contribution >= 0.6 is 0 Å². The summed E-state index contributed by atoms with van der Waals surface area (Å²) in [4.78, 5) is 26.7. The Kier molecular flexibility index (Phi) is 5.81. The fraction of sp³-hybridized carbons (Fsp3) is 0.444. The van der Waals surface area contributed by atoms with Crippen LogP contribution in [-0.2, 0) is 14.3 Å². The van der Waals surface area contributed by atoms with E-state index < -0.39 is 11.9 Å². The summed E-state index contributed by atoms with van der Waals surface area (Å²) < 4.78 is 7.51. The number of nitrogens with one attached hydrogen (secondary N) is 1. The molecule has 0 saturated carbocycles. The van der Waals surface area contributed by atoms with Crippen LogP contribution in [0.15, 0.2) is 53.0 Å². The molecule has 0 amide bonds. The molecular formula is C27H33N3O3. The number of carbonyl (C=O) groups excluding carboxylic acids is 2. The zero-order chi connectivity index (χ0) is 24.1. The van der Waals surface area contributed by atoms with Crippen molar-refractivity contribution in [1.82, 2.24) is 15.1 Å². The van der Waals surface area contributed by atoms with E-state index in [4.69, 9.17) is 4.74 Å². The lowest BCUT2D eigenvalue weighted by Crippen LogP contribution is -2.39. The van der Waals surface area contributed by atoms with Gasteiger partial charge in [-0.1, -0.05) is 32.0 Å². The van der Waals surface area contributed by atoms with Crippen molar-refractivity contribution < 1.29 is 14.3 Å². The molecule has 174 valence electrons. The van der Waals surface area contributed by atoms with Gasteiger partial charge in [-0.05, 0) is 58.1 Å². The first-order valence-electron chi connectivity index (χ1n) is 11.6. The maximum Gasteiger partial charge on any atom is 0.337 e. The van der Waals surface area contributed by atoms with E-state index in [-0.39, 0.29) is 17.3 Å². The van der Waals surface area contributed by atoms with Crippen LogP contribution < -0.4 is 5.32 Å². The minimum absolute atomic E-state index is 0.0733. The number of aryl methyl sites for hydroxylation is 1. The number of esters is 1. The van der Waals surface area contributed by atoms with Crippen molar-refractivity contribution in [3.05, 3.63) is 69.8 Å². The molecule has 1 N–H and O–H groups in total. The SMILES string of the molecule is CC1=C(C(=O)OC(C)C)C(c2cnn(-c3ccccc3C)c2C)C2=C(CC(C)(C)CC2=O)N1. The van der Waals surface area contributed by atoms with E-state index in [0.717, 1.165) is 40.3 Å². The highest BCUT2D eigenvalue weighted by Gasteiger charge is 2.44. The monoisotopic (exact) mass is 447 g/mol. The van der Waals surface area contributed by atoms with Crippen LogP contribution in [0.5, 0.6) is 0 Å². The molecular weight excluding hydrogens is 414 g/mol. The molecule has 1 aromatic heterocycles. The second kappa shape index (κ2) is 8.32. The summed E-state index contributed by atoms with van der Waals surface area (Å²) in [6, 6.07) is 8.05. The van der Waals surface area contributed by atoms with E-state index in [1.54, 1.807) is 6.20 Å². The van der Waals surface area contributed by atoms with Crippen molar-refractivity contribution in [3.63, 3.8) is 0 Å². The van der Waals surface area contributed by atoms with Gasteiger partial charge in [0.2, 0.25) is 0 Å². The Balaban J connectivity index is 1.90. The summed E-state index contributed by atoms with van der Waals surface area (Å²) >= 11 is 0. The van der Waals surface area contributed by atoms with Gasteiger partial charge in [0.1, 0.15) is 0 Å². The molecule has 0 radical (unpaired) electrons. The van der Waals surface area contributed by atoms with E-state index in [2.05, 4.69) is 24.3 Å². The number of Topliss-reactive ketones (excluding diaryl/α,β-unsaturated/α-hetero) is 1. The van der Waals surface area contributed by atoms with Crippen molar-refractivity contribution in [1.29, 1.82) is 0 Å². The molecule has 2 aromatic rings. The van der Waals surface area contributed by atoms with Gasteiger partial charge in [-0.15, -0.1) is 0 Å². The van der Waals surface area contributed by atoms with Crippen LogP contribution in [0.4, 0.5) is 0 Å². The number of benzene rings is 1. The zero-order valence-corrected chi connectivity index (χ0v) is 20.6. The third-order valence-electron chi connectivity index (χ3n) is 6.50. The van der Waals surface area contributed by atoms with Crippen molar-refractivity contribution in [2.75, 3.05) is 0 Å². The van der Waals surface area contributed by atoms with Gasteiger partial charge >= 0.3 is 5.97 Å². The summed E-state index contributed by atoms with van der Waals surface area (Å²) in [5.41, 5.74) is 6.50. The number of ether oxygens (including phenoxy) is 1. The van der Waals surface area contributed by atoms with Gasteiger partial charge in [-0.2, -0.15) is 5.10 Å². The molecule has 33 heavy (non-hydrogen) atoms. The topological polar surface area (TPSA) is 73.2 Å². The van der Waals surface area contributed by atoms with E-state index in [1.807, 2.05) is 63.6 Å². The lowest BCUT2D eigenvalue weighted by atomic mass is 9.68. The molecule has 1 aliphatic carbocycles. The van der Waals surface area contributed by atoms with Crippen LogP contribution in [0.3, 0.4) is 0 Å². The maximum absolute atomic E-state index is 13.5. The van der Waals surface area contributed by atoms with Crippen LogP contribution in [0, 0.1) is 19.3 Å². The molecule has 6 heteroatoms. The van der Waals surface area contributed by atoms with Gasteiger partial charge in [-0.3, -0.25) is 4.79 Å².